The molecule has 0 aliphatic rings. The topological polar surface area (TPSA) is 64.4 Å². The summed E-state index contributed by atoms with van der Waals surface area (Å²) >= 11 is 0. The highest BCUT2D eigenvalue weighted by atomic mass is 15.1. The first-order chi connectivity index (χ1) is 29.2. The van der Waals surface area contributed by atoms with Gasteiger partial charge in [0.25, 0.3) is 0 Å². The Hall–Kier alpha value is -8.27. The van der Waals surface area contributed by atoms with E-state index in [0.717, 1.165) is 93.9 Å². The third-order valence-electron chi connectivity index (χ3n) is 11.7. The van der Waals surface area contributed by atoms with E-state index in [1.165, 1.54) is 0 Å². The molecular weight excluding hydrogens is 721 g/mol. The summed E-state index contributed by atoms with van der Waals surface area (Å²) in [4.78, 5) is 10.8. The summed E-state index contributed by atoms with van der Waals surface area (Å²) in [5, 5.41) is 18.2. The second kappa shape index (κ2) is 12.9. The van der Waals surface area contributed by atoms with E-state index < -0.39 is 0 Å². The molecule has 6 heteroatoms. The van der Waals surface area contributed by atoms with Gasteiger partial charge in [0.1, 0.15) is 17.7 Å². The van der Waals surface area contributed by atoms with Gasteiger partial charge >= 0.3 is 0 Å². The number of para-hydroxylation sites is 6. The Labute approximate surface area is 338 Å². The van der Waals surface area contributed by atoms with E-state index in [1.807, 2.05) is 36.4 Å². The van der Waals surface area contributed by atoms with Gasteiger partial charge in [-0.05, 0) is 72.8 Å². The average Bonchev–Trinajstić information content (AvgIpc) is 3.95. The molecule has 5 aromatic heterocycles. The minimum absolute atomic E-state index is 0.508. The third kappa shape index (κ3) is 4.92. The van der Waals surface area contributed by atoms with E-state index in [-0.39, 0.29) is 0 Å². The van der Waals surface area contributed by atoms with Crippen LogP contribution in [0.15, 0.2) is 194 Å². The molecule has 0 spiro atoms. The molecular formula is C53H32N6. The van der Waals surface area contributed by atoms with Gasteiger partial charge in [-0.3, -0.25) is 9.13 Å². The molecule has 6 nitrogen and oxygen atoms in total. The molecule has 12 aromatic rings. The second-order valence-corrected chi connectivity index (χ2v) is 14.9. The summed E-state index contributed by atoms with van der Waals surface area (Å²) in [6, 6.07) is 69.8. The highest BCUT2D eigenvalue weighted by Gasteiger charge is 2.22. The molecule has 12 rings (SSSR count). The van der Waals surface area contributed by atoms with Crippen molar-refractivity contribution in [3.05, 3.63) is 200 Å². The summed E-state index contributed by atoms with van der Waals surface area (Å²) in [5.74, 6) is 1.55. The third-order valence-corrected chi connectivity index (χ3v) is 11.7. The molecule has 0 aliphatic carbocycles. The number of nitriles is 1. The quantitative estimate of drug-likeness (QED) is 0.176. The highest BCUT2D eigenvalue weighted by Crippen LogP contribution is 2.40. The zero-order valence-electron chi connectivity index (χ0n) is 31.7. The highest BCUT2D eigenvalue weighted by molar-refractivity contribution is 6.11. The number of aromatic nitrogens is 5. The van der Waals surface area contributed by atoms with E-state index in [0.29, 0.717) is 17.0 Å². The number of fused-ring (bicyclic) bond motifs is 9. The molecule has 0 amide bonds. The fourth-order valence-electron chi connectivity index (χ4n) is 9.22. The van der Waals surface area contributed by atoms with Crippen molar-refractivity contribution in [3.63, 3.8) is 0 Å². The smallest absolute Gasteiger partial charge is 0.138 e. The molecule has 0 unspecified atom stereocenters. The van der Waals surface area contributed by atoms with Crippen LogP contribution in [0.3, 0.4) is 0 Å². The number of hydrogen-bond donors (Lipinski definition) is 0. The lowest BCUT2D eigenvalue weighted by Gasteiger charge is -2.17. The molecule has 0 atom stereocenters. The van der Waals surface area contributed by atoms with Crippen molar-refractivity contribution in [2.75, 3.05) is 0 Å². The maximum absolute atomic E-state index is 11.2. The average molecular weight is 753 g/mol. The van der Waals surface area contributed by atoms with Gasteiger partial charge in [0.2, 0.25) is 0 Å². The fourth-order valence-corrected chi connectivity index (χ4v) is 9.22. The molecule has 0 saturated carbocycles. The number of pyridine rings is 2. The monoisotopic (exact) mass is 752 g/mol. The van der Waals surface area contributed by atoms with E-state index in [4.69, 9.17) is 9.97 Å². The Morgan fingerprint density at radius 2 is 0.644 bits per heavy atom. The second-order valence-electron chi connectivity index (χ2n) is 14.9. The molecule has 7 aromatic carbocycles. The van der Waals surface area contributed by atoms with Crippen molar-refractivity contribution in [3.8, 4) is 45.9 Å². The van der Waals surface area contributed by atoms with Crippen LogP contribution < -0.4 is 0 Å². The van der Waals surface area contributed by atoms with Crippen LogP contribution in [0.2, 0.25) is 0 Å². The van der Waals surface area contributed by atoms with Crippen molar-refractivity contribution >= 4 is 65.4 Å². The lowest BCUT2D eigenvalue weighted by molar-refractivity contribution is 1.08. The molecule has 0 radical (unpaired) electrons. The first-order valence-electron chi connectivity index (χ1n) is 19.7. The first kappa shape index (κ1) is 32.9. The SMILES string of the molecule is N#Cc1c(-c2cccc(-n3c4ccccc4c4ccccc43)n2)cc(-n2c3ccccc3c3ccccc32)cc1-c1cccc(-n2c3ccccc3c3ccccc32)n1. The van der Waals surface area contributed by atoms with Crippen LogP contribution in [-0.2, 0) is 0 Å². The number of rotatable bonds is 5. The molecule has 0 bridgehead atoms. The van der Waals surface area contributed by atoms with Crippen molar-refractivity contribution in [2.45, 2.75) is 0 Å². The van der Waals surface area contributed by atoms with E-state index >= 15 is 0 Å². The minimum Gasteiger partial charge on any atom is -0.309 e. The Morgan fingerprint density at radius 3 is 0.966 bits per heavy atom. The molecule has 0 saturated heterocycles. The van der Waals surface area contributed by atoms with Gasteiger partial charge in [0.15, 0.2) is 0 Å². The van der Waals surface area contributed by atoms with Crippen molar-refractivity contribution < 1.29 is 0 Å². The summed E-state index contributed by atoms with van der Waals surface area (Å²) < 4.78 is 6.73. The van der Waals surface area contributed by atoms with Crippen molar-refractivity contribution in [1.29, 1.82) is 5.26 Å². The maximum Gasteiger partial charge on any atom is 0.138 e. The van der Waals surface area contributed by atoms with E-state index in [1.54, 1.807) is 0 Å². The van der Waals surface area contributed by atoms with Crippen molar-refractivity contribution in [1.82, 2.24) is 23.7 Å². The Morgan fingerprint density at radius 1 is 0.339 bits per heavy atom. The predicted octanol–water partition coefficient (Wildman–Crippen LogP) is 13.0. The van der Waals surface area contributed by atoms with Gasteiger partial charge in [0, 0.05) is 49.1 Å². The summed E-state index contributed by atoms with van der Waals surface area (Å²) in [7, 11) is 0. The van der Waals surface area contributed by atoms with Gasteiger partial charge in [-0.15, -0.1) is 0 Å². The standard InChI is InChI=1S/C53H32N6/c54-33-43-41(44-21-13-29-52(55-44)58-48-25-9-3-17-37(48)38-18-4-10-26-49(38)58)31-34(57-46-23-7-1-15-35(46)36-16-2-8-24-47(36)57)32-42(43)45-22-14-30-53(56-45)59-50-27-11-5-19-39(50)40-20-6-12-28-51(40)59/h1-32H. The number of nitrogens with zero attached hydrogens (tertiary/aromatic N) is 6. The lowest BCUT2D eigenvalue weighted by Crippen LogP contribution is -2.03. The maximum atomic E-state index is 11.2. The summed E-state index contributed by atoms with van der Waals surface area (Å²) in [6.07, 6.45) is 0. The molecule has 0 aliphatic heterocycles. The minimum atomic E-state index is 0.508. The molecule has 59 heavy (non-hydrogen) atoms. The van der Waals surface area contributed by atoms with Crippen molar-refractivity contribution in [2.24, 2.45) is 0 Å². The lowest BCUT2D eigenvalue weighted by atomic mass is 9.95. The first-order valence-corrected chi connectivity index (χ1v) is 19.7. The van der Waals surface area contributed by atoms with Crippen LogP contribution in [0.25, 0.3) is 105 Å². The van der Waals surface area contributed by atoms with Crippen LogP contribution in [-0.4, -0.2) is 23.7 Å². The van der Waals surface area contributed by atoms with Crippen LogP contribution >= 0.6 is 0 Å². The summed E-state index contributed by atoms with van der Waals surface area (Å²) in [5.41, 5.74) is 10.7. The molecule has 0 fully saturated rings. The zero-order chi connectivity index (χ0) is 39.0. The molecule has 274 valence electrons. The summed E-state index contributed by atoms with van der Waals surface area (Å²) in [6.45, 7) is 0. The van der Waals surface area contributed by atoms with Gasteiger partial charge in [0.05, 0.1) is 50.1 Å². The van der Waals surface area contributed by atoms with Gasteiger partial charge in [-0.1, -0.05) is 121 Å². The van der Waals surface area contributed by atoms with E-state index in [2.05, 4.69) is 177 Å². The van der Waals surface area contributed by atoms with Crippen LogP contribution in [0, 0.1) is 11.3 Å². The van der Waals surface area contributed by atoms with E-state index in [9.17, 15) is 5.26 Å². The van der Waals surface area contributed by atoms with Crippen LogP contribution in [0.5, 0.6) is 0 Å². The largest absolute Gasteiger partial charge is 0.309 e. The Bertz CT molecular complexity index is 3370. The predicted molar refractivity (Wildman–Crippen MR) is 241 cm³/mol. The fraction of sp³-hybridized carbons (Fsp3) is 0. The van der Waals surface area contributed by atoms with Gasteiger partial charge in [-0.25, -0.2) is 9.97 Å². The number of benzene rings is 7. The normalized spacial score (nSPS) is 11.7. The Kier molecular flexibility index (Phi) is 7.19. The van der Waals surface area contributed by atoms with Crippen LogP contribution in [0.1, 0.15) is 5.56 Å². The van der Waals surface area contributed by atoms with Gasteiger partial charge in [-0.2, -0.15) is 5.26 Å². The molecule has 0 N–H and O–H groups in total. The van der Waals surface area contributed by atoms with Crippen LogP contribution in [0.4, 0.5) is 0 Å². The number of hydrogen-bond acceptors (Lipinski definition) is 3. The van der Waals surface area contributed by atoms with Gasteiger partial charge < -0.3 is 4.57 Å². The molecule has 5 heterocycles. The Balaban J connectivity index is 1.14. The zero-order valence-corrected chi connectivity index (χ0v) is 31.7.